The summed E-state index contributed by atoms with van der Waals surface area (Å²) >= 11 is 0. The van der Waals surface area contributed by atoms with Crippen LogP contribution in [0.3, 0.4) is 0 Å². The Morgan fingerprint density at radius 3 is 2.83 bits per heavy atom. The number of tetrazole rings is 1. The molecule has 7 heteroatoms. The summed E-state index contributed by atoms with van der Waals surface area (Å²) in [5, 5.41) is 11.3. The molecule has 2 heterocycles. The van der Waals surface area contributed by atoms with Crippen LogP contribution in [0.25, 0.3) is 11.4 Å². The summed E-state index contributed by atoms with van der Waals surface area (Å²) in [7, 11) is 1.78. The lowest BCUT2D eigenvalue weighted by molar-refractivity contribution is -0.0796. The second-order valence-corrected chi connectivity index (χ2v) is 4.19. The van der Waals surface area contributed by atoms with E-state index in [4.69, 9.17) is 15.2 Å². The summed E-state index contributed by atoms with van der Waals surface area (Å²) in [6, 6.07) is 5.47. The number of benzene rings is 1. The number of nitrogen functional groups attached to an aromatic ring is 1. The van der Waals surface area contributed by atoms with Gasteiger partial charge < -0.3 is 15.2 Å². The monoisotopic (exact) mass is 247 g/mol. The number of hydrogen-bond acceptors (Lipinski definition) is 6. The molecule has 0 atom stereocenters. The average Bonchev–Trinajstić information content (AvgIpc) is 2.69. The van der Waals surface area contributed by atoms with Gasteiger partial charge >= 0.3 is 0 Å². The van der Waals surface area contributed by atoms with Crippen LogP contribution < -0.4 is 10.5 Å². The summed E-state index contributed by atoms with van der Waals surface area (Å²) in [6.07, 6.45) is 0.109. The van der Waals surface area contributed by atoms with Crippen LogP contribution in [-0.4, -0.2) is 39.5 Å². The molecule has 0 bridgehead atoms. The molecule has 1 fully saturated rings. The molecule has 0 radical (unpaired) electrons. The first-order valence-electron chi connectivity index (χ1n) is 5.60. The van der Waals surface area contributed by atoms with E-state index in [1.807, 2.05) is 12.1 Å². The minimum atomic E-state index is 0.109. The van der Waals surface area contributed by atoms with E-state index in [1.54, 1.807) is 17.8 Å². The van der Waals surface area contributed by atoms with Crippen molar-refractivity contribution < 1.29 is 9.47 Å². The van der Waals surface area contributed by atoms with Crippen LogP contribution >= 0.6 is 0 Å². The van der Waals surface area contributed by atoms with E-state index in [2.05, 4.69) is 15.5 Å². The van der Waals surface area contributed by atoms with Gasteiger partial charge in [0.15, 0.2) is 5.82 Å². The zero-order valence-corrected chi connectivity index (χ0v) is 9.91. The summed E-state index contributed by atoms with van der Waals surface area (Å²) in [4.78, 5) is 0. The molecule has 94 valence electrons. The molecular formula is C11H13N5O2. The van der Waals surface area contributed by atoms with Crippen molar-refractivity contribution in [2.75, 3.05) is 18.9 Å². The third-order valence-electron chi connectivity index (χ3n) is 2.72. The summed E-state index contributed by atoms with van der Waals surface area (Å²) in [5.74, 6) is 1.36. The van der Waals surface area contributed by atoms with E-state index >= 15 is 0 Å². The highest BCUT2D eigenvalue weighted by Crippen LogP contribution is 2.26. The molecule has 1 aromatic heterocycles. The van der Waals surface area contributed by atoms with E-state index < -0.39 is 0 Å². The molecule has 2 N–H and O–H groups in total. The van der Waals surface area contributed by atoms with Crippen LogP contribution in [0.5, 0.6) is 5.75 Å². The normalized spacial score (nSPS) is 15.4. The first kappa shape index (κ1) is 11.0. The standard InChI is InChI=1S/C11H13N5O2/c1-16-11(13-14-15-16)7-2-8(12)4-9(3-7)18-10-5-17-6-10/h2-4,10H,5-6,12H2,1H3. The van der Waals surface area contributed by atoms with Crippen molar-refractivity contribution in [3.63, 3.8) is 0 Å². The fourth-order valence-electron chi connectivity index (χ4n) is 1.77. The number of aromatic nitrogens is 4. The Balaban J connectivity index is 1.92. The lowest BCUT2D eigenvalue weighted by Gasteiger charge is -2.27. The molecule has 1 aliphatic rings. The number of anilines is 1. The van der Waals surface area contributed by atoms with Gasteiger partial charge in [0.2, 0.25) is 0 Å². The molecule has 3 rings (SSSR count). The predicted molar refractivity (Wildman–Crippen MR) is 63.9 cm³/mol. The Morgan fingerprint density at radius 1 is 1.39 bits per heavy atom. The SMILES string of the molecule is Cn1nnnc1-c1cc(N)cc(OC2COC2)c1. The van der Waals surface area contributed by atoms with E-state index in [0.29, 0.717) is 30.5 Å². The summed E-state index contributed by atoms with van der Waals surface area (Å²) in [6.45, 7) is 1.24. The molecule has 2 aromatic rings. The molecule has 0 amide bonds. The zero-order valence-electron chi connectivity index (χ0n) is 9.91. The van der Waals surface area contributed by atoms with Crippen molar-refractivity contribution in [3.8, 4) is 17.1 Å². The van der Waals surface area contributed by atoms with Gasteiger partial charge in [-0.15, -0.1) is 5.10 Å². The number of rotatable bonds is 3. The van der Waals surface area contributed by atoms with Gasteiger partial charge in [0.25, 0.3) is 0 Å². The van der Waals surface area contributed by atoms with Gasteiger partial charge in [0.05, 0.1) is 13.2 Å². The Morgan fingerprint density at radius 2 is 2.22 bits per heavy atom. The lowest BCUT2D eigenvalue weighted by atomic mass is 10.1. The molecule has 1 saturated heterocycles. The number of aryl methyl sites for hydroxylation is 1. The van der Waals surface area contributed by atoms with Gasteiger partial charge in [-0.2, -0.15) is 0 Å². The molecule has 0 unspecified atom stereocenters. The zero-order chi connectivity index (χ0) is 12.5. The Bertz CT molecular complexity index is 564. The van der Waals surface area contributed by atoms with Gasteiger partial charge in [-0.25, -0.2) is 4.68 Å². The maximum atomic E-state index is 5.86. The van der Waals surface area contributed by atoms with Gasteiger partial charge in [-0.3, -0.25) is 0 Å². The molecule has 7 nitrogen and oxygen atoms in total. The molecule has 1 aliphatic heterocycles. The Kier molecular flexibility index (Phi) is 2.60. The third-order valence-corrected chi connectivity index (χ3v) is 2.72. The van der Waals surface area contributed by atoms with Crippen LogP contribution in [0.15, 0.2) is 18.2 Å². The number of nitrogens with zero attached hydrogens (tertiary/aromatic N) is 4. The summed E-state index contributed by atoms with van der Waals surface area (Å²) in [5.41, 5.74) is 7.31. The van der Waals surface area contributed by atoms with Crippen molar-refractivity contribution in [2.45, 2.75) is 6.10 Å². The highest BCUT2D eigenvalue weighted by Gasteiger charge is 2.20. The molecule has 0 saturated carbocycles. The fourth-order valence-corrected chi connectivity index (χ4v) is 1.77. The summed E-state index contributed by atoms with van der Waals surface area (Å²) < 4.78 is 12.4. The van der Waals surface area contributed by atoms with Crippen molar-refractivity contribution in [1.29, 1.82) is 0 Å². The minimum absolute atomic E-state index is 0.109. The van der Waals surface area contributed by atoms with Crippen molar-refractivity contribution >= 4 is 5.69 Å². The quantitative estimate of drug-likeness (QED) is 0.781. The maximum Gasteiger partial charge on any atom is 0.181 e. The van der Waals surface area contributed by atoms with Crippen LogP contribution in [-0.2, 0) is 11.8 Å². The van der Waals surface area contributed by atoms with Gasteiger partial charge in [0, 0.05) is 24.4 Å². The second kappa shape index (κ2) is 4.26. The molecule has 0 aliphatic carbocycles. The van der Waals surface area contributed by atoms with Crippen LogP contribution in [0.1, 0.15) is 0 Å². The topological polar surface area (TPSA) is 88.1 Å². The molecule has 1 aromatic carbocycles. The number of hydrogen-bond donors (Lipinski definition) is 1. The fraction of sp³-hybridized carbons (Fsp3) is 0.364. The van der Waals surface area contributed by atoms with E-state index in [0.717, 1.165) is 5.56 Å². The number of ether oxygens (including phenoxy) is 2. The van der Waals surface area contributed by atoms with E-state index in [9.17, 15) is 0 Å². The van der Waals surface area contributed by atoms with Gasteiger partial charge in [-0.05, 0) is 22.6 Å². The van der Waals surface area contributed by atoms with Crippen LogP contribution in [0, 0.1) is 0 Å². The minimum Gasteiger partial charge on any atom is -0.485 e. The molecular weight excluding hydrogens is 234 g/mol. The highest BCUT2D eigenvalue weighted by atomic mass is 16.6. The number of nitrogens with two attached hydrogens (primary N) is 1. The Labute approximate surface area is 103 Å². The molecule has 0 spiro atoms. The smallest absolute Gasteiger partial charge is 0.181 e. The second-order valence-electron chi connectivity index (χ2n) is 4.19. The van der Waals surface area contributed by atoms with Crippen molar-refractivity contribution in [3.05, 3.63) is 18.2 Å². The van der Waals surface area contributed by atoms with E-state index in [-0.39, 0.29) is 6.10 Å². The lowest BCUT2D eigenvalue weighted by Crippen LogP contribution is -2.38. The highest BCUT2D eigenvalue weighted by molar-refractivity contribution is 5.64. The maximum absolute atomic E-state index is 5.86. The first-order valence-corrected chi connectivity index (χ1v) is 5.60. The van der Waals surface area contributed by atoms with Gasteiger partial charge in [0.1, 0.15) is 11.9 Å². The first-order chi connectivity index (χ1) is 8.72. The largest absolute Gasteiger partial charge is 0.485 e. The third kappa shape index (κ3) is 2.00. The predicted octanol–water partition coefficient (Wildman–Crippen LogP) is 0.237. The van der Waals surface area contributed by atoms with E-state index in [1.165, 1.54) is 0 Å². The molecule has 18 heavy (non-hydrogen) atoms. The Hall–Kier alpha value is -2.15. The van der Waals surface area contributed by atoms with Gasteiger partial charge in [-0.1, -0.05) is 0 Å². The van der Waals surface area contributed by atoms with Crippen molar-refractivity contribution in [1.82, 2.24) is 20.2 Å². The average molecular weight is 247 g/mol. The van der Waals surface area contributed by atoms with Crippen molar-refractivity contribution in [2.24, 2.45) is 7.05 Å². The van der Waals surface area contributed by atoms with Crippen LogP contribution in [0.4, 0.5) is 5.69 Å². The van der Waals surface area contributed by atoms with Crippen LogP contribution in [0.2, 0.25) is 0 Å².